The van der Waals surface area contributed by atoms with Gasteiger partial charge in [0.15, 0.2) is 0 Å². The second-order valence-corrected chi connectivity index (χ2v) is 8.23. The lowest BCUT2D eigenvalue weighted by molar-refractivity contribution is -0.140. The van der Waals surface area contributed by atoms with Crippen molar-refractivity contribution < 1.29 is 18.7 Å². The van der Waals surface area contributed by atoms with Crippen LogP contribution < -0.4 is 10.1 Å². The topological polar surface area (TPSA) is 58.6 Å². The minimum atomic E-state index is -0.630. The van der Waals surface area contributed by atoms with Gasteiger partial charge in [0.25, 0.3) is 0 Å². The fourth-order valence-electron chi connectivity index (χ4n) is 3.01. The Morgan fingerprint density at radius 2 is 1.68 bits per heavy atom. The summed E-state index contributed by atoms with van der Waals surface area (Å²) in [4.78, 5) is 27.1. The molecule has 2 aromatic carbocycles. The molecule has 0 aliphatic rings. The predicted molar refractivity (Wildman–Crippen MR) is 120 cm³/mol. The van der Waals surface area contributed by atoms with Crippen LogP contribution in [0.15, 0.2) is 48.5 Å². The summed E-state index contributed by atoms with van der Waals surface area (Å²) in [6, 6.07) is 13.1. The van der Waals surface area contributed by atoms with E-state index in [-0.39, 0.29) is 30.6 Å². The van der Waals surface area contributed by atoms with Crippen LogP contribution in [0.3, 0.4) is 0 Å². The standard InChI is InChI=1S/C25H33FN2O3/c1-18(2)16-27-25(30)20(4)28(17-21-9-11-22(26)12-10-21)24(29)6-5-15-31-23-13-7-19(3)8-14-23/h7-14,18,20H,5-6,15-17H2,1-4H3,(H,27,30)/t20-/m0/s1. The smallest absolute Gasteiger partial charge is 0.242 e. The van der Waals surface area contributed by atoms with E-state index in [0.29, 0.717) is 25.5 Å². The van der Waals surface area contributed by atoms with E-state index in [1.807, 2.05) is 45.0 Å². The Bertz CT molecular complexity index is 835. The average molecular weight is 429 g/mol. The van der Waals surface area contributed by atoms with Crippen molar-refractivity contribution in [2.45, 2.75) is 53.1 Å². The monoisotopic (exact) mass is 428 g/mol. The number of hydrogen-bond acceptors (Lipinski definition) is 3. The number of aryl methyl sites for hydroxylation is 1. The number of nitrogens with one attached hydrogen (secondary N) is 1. The Morgan fingerprint density at radius 3 is 2.29 bits per heavy atom. The maximum Gasteiger partial charge on any atom is 0.242 e. The third kappa shape index (κ3) is 8.40. The molecule has 0 spiro atoms. The fourth-order valence-corrected chi connectivity index (χ4v) is 3.01. The highest BCUT2D eigenvalue weighted by molar-refractivity contribution is 5.87. The number of ether oxygens (including phenoxy) is 1. The van der Waals surface area contributed by atoms with Crippen molar-refractivity contribution in [1.29, 1.82) is 0 Å². The van der Waals surface area contributed by atoms with E-state index in [2.05, 4.69) is 5.32 Å². The van der Waals surface area contributed by atoms with Gasteiger partial charge in [0.05, 0.1) is 6.61 Å². The van der Waals surface area contributed by atoms with Crippen LogP contribution >= 0.6 is 0 Å². The molecule has 0 aliphatic heterocycles. The first-order valence-corrected chi connectivity index (χ1v) is 10.8. The lowest BCUT2D eigenvalue weighted by atomic mass is 10.1. The van der Waals surface area contributed by atoms with Crippen LogP contribution in [0.2, 0.25) is 0 Å². The van der Waals surface area contributed by atoms with E-state index in [0.717, 1.165) is 16.9 Å². The summed E-state index contributed by atoms with van der Waals surface area (Å²) in [5, 5.41) is 2.89. The van der Waals surface area contributed by atoms with Gasteiger partial charge in [-0.1, -0.05) is 43.7 Å². The Hall–Kier alpha value is -2.89. The maximum absolute atomic E-state index is 13.3. The van der Waals surface area contributed by atoms with Crippen molar-refractivity contribution in [3.05, 3.63) is 65.5 Å². The molecular weight excluding hydrogens is 395 g/mol. The number of amides is 2. The number of hydrogen-bond donors (Lipinski definition) is 1. The van der Waals surface area contributed by atoms with Crippen molar-refractivity contribution in [3.63, 3.8) is 0 Å². The molecule has 0 fully saturated rings. The highest BCUT2D eigenvalue weighted by atomic mass is 19.1. The molecule has 0 heterocycles. The highest BCUT2D eigenvalue weighted by Gasteiger charge is 2.25. The summed E-state index contributed by atoms with van der Waals surface area (Å²) < 4.78 is 19.0. The van der Waals surface area contributed by atoms with Crippen LogP contribution in [-0.2, 0) is 16.1 Å². The van der Waals surface area contributed by atoms with Gasteiger partial charge in [0.1, 0.15) is 17.6 Å². The second-order valence-electron chi connectivity index (χ2n) is 8.23. The Balaban J connectivity index is 1.97. The molecule has 2 rings (SSSR count). The van der Waals surface area contributed by atoms with Crippen LogP contribution in [0.5, 0.6) is 5.75 Å². The fraction of sp³-hybridized carbons (Fsp3) is 0.440. The zero-order valence-electron chi connectivity index (χ0n) is 18.9. The molecule has 6 heteroatoms. The summed E-state index contributed by atoms with van der Waals surface area (Å²) in [6.45, 7) is 8.96. The number of halogens is 1. The predicted octanol–water partition coefficient (Wildman–Crippen LogP) is 4.48. The van der Waals surface area contributed by atoms with Gasteiger partial charge in [0.2, 0.25) is 11.8 Å². The molecule has 0 bridgehead atoms. The third-order valence-electron chi connectivity index (χ3n) is 4.94. The molecule has 0 aliphatic carbocycles. The van der Waals surface area contributed by atoms with E-state index in [4.69, 9.17) is 4.74 Å². The molecular formula is C25H33FN2O3. The second kappa shape index (κ2) is 12.1. The number of benzene rings is 2. The minimum absolute atomic E-state index is 0.135. The molecule has 2 amide bonds. The molecule has 31 heavy (non-hydrogen) atoms. The molecule has 1 N–H and O–H groups in total. The summed E-state index contributed by atoms with van der Waals surface area (Å²) >= 11 is 0. The van der Waals surface area contributed by atoms with Crippen LogP contribution in [0, 0.1) is 18.7 Å². The molecule has 0 saturated carbocycles. The van der Waals surface area contributed by atoms with Crippen molar-refractivity contribution in [3.8, 4) is 5.75 Å². The van der Waals surface area contributed by atoms with Crippen LogP contribution in [0.1, 0.15) is 44.7 Å². The lowest BCUT2D eigenvalue weighted by Gasteiger charge is -2.29. The molecule has 5 nitrogen and oxygen atoms in total. The van der Waals surface area contributed by atoms with Crippen LogP contribution in [-0.4, -0.2) is 35.9 Å². The van der Waals surface area contributed by atoms with Gasteiger partial charge in [-0.2, -0.15) is 0 Å². The normalized spacial score (nSPS) is 11.8. The number of nitrogens with zero attached hydrogens (tertiary/aromatic N) is 1. The van der Waals surface area contributed by atoms with E-state index in [1.54, 1.807) is 24.0 Å². The zero-order valence-corrected chi connectivity index (χ0v) is 18.9. The number of rotatable bonds is 11. The maximum atomic E-state index is 13.3. The van der Waals surface area contributed by atoms with Gasteiger partial charge in [-0.05, 0) is 56.0 Å². The van der Waals surface area contributed by atoms with Gasteiger partial charge in [-0.25, -0.2) is 4.39 Å². The van der Waals surface area contributed by atoms with Gasteiger partial charge in [0, 0.05) is 19.5 Å². The summed E-state index contributed by atoms with van der Waals surface area (Å²) in [7, 11) is 0. The Kier molecular flexibility index (Phi) is 9.50. The average Bonchev–Trinajstić information content (AvgIpc) is 2.75. The van der Waals surface area contributed by atoms with E-state index >= 15 is 0 Å². The van der Waals surface area contributed by atoms with Crippen molar-refractivity contribution in [2.75, 3.05) is 13.2 Å². The first kappa shape index (κ1) is 24.4. The Labute approximate surface area is 184 Å². The van der Waals surface area contributed by atoms with E-state index in [1.165, 1.54) is 12.1 Å². The molecule has 2 aromatic rings. The van der Waals surface area contributed by atoms with E-state index in [9.17, 15) is 14.0 Å². The van der Waals surface area contributed by atoms with Gasteiger partial charge >= 0.3 is 0 Å². The molecule has 0 saturated heterocycles. The summed E-state index contributed by atoms with van der Waals surface area (Å²) in [5.74, 6) is 0.417. The molecule has 0 unspecified atom stereocenters. The molecule has 1 atom stereocenters. The quantitative estimate of drug-likeness (QED) is 0.537. The van der Waals surface area contributed by atoms with Crippen LogP contribution in [0.4, 0.5) is 4.39 Å². The largest absolute Gasteiger partial charge is 0.494 e. The van der Waals surface area contributed by atoms with Crippen molar-refractivity contribution in [1.82, 2.24) is 10.2 Å². The highest BCUT2D eigenvalue weighted by Crippen LogP contribution is 2.15. The minimum Gasteiger partial charge on any atom is -0.494 e. The number of carbonyl (C=O) groups excluding carboxylic acids is 2. The number of carbonyl (C=O) groups is 2. The third-order valence-corrected chi connectivity index (χ3v) is 4.94. The van der Waals surface area contributed by atoms with Gasteiger partial charge in [-0.3, -0.25) is 9.59 Å². The van der Waals surface area contributed by atoms with Gasteiger partial charge in [-0.15, -0.1) is 0 Å². The first-order chi connectivity index (χ1) is 14.8. The first-order valence-electron chi connectivity index (χ1n) is 10.8. The van der Waals surface area contributed by atoms with Crippen molar-refractivity contribution in [2.24, 2.45) is 5.92 Å². The molecule has 0 radical (unpaired) electrons. The summed E-state index contributed by atoms with van der Waals surface area (Å²) in [5.41, 5.74) is 1.93. The van der Waals surface area contributed by atoms with E-state index < -0.39 is 6.04 Å². The summed E-state index contributed by atoms with van der Waals surface area (Å²) in [6.07, 6.45) is 0.793. The zero-order chi connectivity index (χ0) is 22.8. The molecule has 168 valence electrons. The van der Waals surface area contributed by atoms with Gasteiger partial charge < -0.3 is 15.0 Å². The SMILES string of the molecule is Cc1ccc(OCCCC(=O)N(Cc2ccc(F)cc2)[C@@H](C)C(=O)NCC(C)C)cc1. The van der Waals surface area contributed by atoms with Crippen molar-refractivity contribution >= 4 is 11.8 Å². The van der Waals surface area contributed by atoms with Crippen LogP contribution in [0.25, 0.3) is 0 Å². The Morgan fingerprint density at radius 1 is 1.03 bits per heavy atom. The lowest BCUT2D eigenvalue weighted by Crippen LogP contribution is -2.48. The molecule has 0 aromatic heterocycles.